The van der Waals surface area contributed by atoms with E-state index in [0.717, 1.165) is 0 Å². The zero-order valence-electron chi connectivity index (χ0n) is 8.62. The number of ether oxygens (including phenoxy) is 1. The van der Waals surface area contributed by atoms with E-state index in [2.05, 4.69) is 20.7 Å². The number of methoxy groups -OCH3 is 1. The Hall–Kier alpha value is -1.33. The van der Waals surface area contributed by atoms with E-state index in [1.807, 2.05) is 0 Å². The summed E-state index contributed by atoms with van der Waals surface area (Å²) in [7, 11) is 1.19. The fourth-order valence-corrected chi connectivity index (χ4v) is 2.32. The molecule has 0 aliphatic carbocycles. The van der Waals surface area contributed by atoms with Crippen LogP contribution in [-0.2, 0) is 4.74 Å². The highest BCUT2D eigenvalue weighted by molar-refractivity contribution is 9.10. The van der Waals surface area contributed by atoms with E-state index in [0.29, 0.717) is 20.5 Å². The van der Waals surface area contributed by atoms with Crippen LogP contribution in [0.2, 0.25) is 5.02 Å². The Morgan fingerprint density at radius 2 is 2.12 bits per heavy atom. The van der Waals surface area contributed by atoms with Crippen molar-refractivity contribution in [1.82, 2.24) is 0 Å². The van der Waals surface area contributed by atoms with E-state index >= 15 is 0 Å². The average Bonchev–Trinajstić information content (AvgIpc) is 2.28. The first-order valence-electron chi connectivity index (χ1n) is 4.54. The highest BCUT2D eigenvalue weighted by Crippen LogP contribution is 2.27. The molecule has 0 unspecified atom stereocenters. The summed E-state index contributed by atoms with van der Waals surface area (Å²) in [5, 5.41) is 1.01. The molecule has 0 fully saturated rings. The van der Waals surface area contributed by atoms with Crippen molar-refractivity contribution in [1.29, 1.82) is 0 Å². The van der Waals surface area contributed by atoms with Crippen molar-refractivity contribution in [3.8, 4) is 0 Å². The van der Waals surface area contributed by atoms with Gasteiger partial charge in [0.05, 0.1) is 11.6 Å². The molecule has 4 nitrogen and oxygen atoms in total. The number of hydrogen-bond acceptors (Lipinski definition) is 4. The number of halogens is 2. The van der Waals surface area contributed by atoms with E-state index in [4.69, 9.17) is 16.0 Å². The molecule has 0 aliphatic heterocycles. The lowest BCUT2D eigenvalue weighted by atomic mass is 10.2. The lowest BCUT2D eigenvalue weighted by Gasteiger charge is -2.02. The Labute approximate surface area is 109 Å². The molecule has 0 bridgehead atoms. The maximum atomic E-state index is 11.5. The molecule has 0 saturated carbocycles. The molecule has 0 saturated heterocycles. The number of benzene rings is 1. The third kappa shape index (κ3) is 2.21. The Bertz CT molecular complexity index is 662. The first kappa shape index (κ1) is 12.1. The Morgan fingerprint density at radius 1 is 1.41 bits per heavy atom. The second-order valence-electron chi connectivity index (χ2n) is 3.25. The molecule has 2 aromatic rings. The van der Waals surface area contributed by atoms with Gasteiger partial charge in [-0.2, -0.15) is 0 Å². The Morgan fingerprint density at radius 3 is 2.76 bits per heavy atom. The number of carbonyl (C=O) groups is 1. The molecule has 6 heteroatoms. The number of fused-ring (bicyclic) bond motifs is 1. The summed E-state index contributed by atoms with van der Waals surface area (Å²) in [5.41, 5.74) is -0.561. The molecule has 0 aliphatic rings. The largest absolute Gasteiger partial charge is 0.465 e. The van der Waals surface area contributed by atoms with Crippen molar-refractivity contribution in [3.63, 3.8) is 0 Å². The second-order valence-corrected chi connectivity index (χ2v) is 4.54. The van der Waals surface area contributed by atoms with Crippen LogP contribution >= 0.6 is 27.5 Å². The van der Waals surface area contributed by atoms with E-state index in [9.17, 15) is 9.59 Å². The zero-order valence-corrected chi connectivity index (χ0v) is 11.0. The van der Waals surface area contributed by atoms with Crippen molar-refractivity contribution in [3.05, 3.63) is 43.7 Å². The van der Waals surface area contributed by atoms with Crippen molar-refractivity contribution in [2.75, 3.05) is 7.11 Å². The summed E-state index contributed by atoms with van der Waals surface area (Å²) in [4.78, 5) is 22.9. The van der Waals surface area contributed by atoms with Crippen LogP contribution in [0.3, 0.4) is 0 Å². The van der Waals surface area contributed by atoms with Gasteiger partial charge >= 0.3 is 11.6 Å². The van der Waals surface area contributed by atoms with Crippen LogP contribution in [0.25, 0.3) is 11.0 Å². The molecule has 2 rings (SSSR count). The van der Waals surface area contributed by atoms with Crippen LogP contribution < -0.4 is 5.63 Å². The van der Waals surface area contributed by atoms with Crippen molar-refractivity contribution >= 4 is 44.5 Å². The summed E-state index contributed by atoms with van der Waals surface area (Å²) in [5.74, 6) is -0.739. The van der Waals surface area contributed by atoms with Gasteiger partial charge in [0.2, 0.25) is 0 Å². The first-order valence-corrected chi connectivity index (χ1v) is 5.71. The van der Waals surface area contributed by atoms with Gasteiger partial charge in [-0.05, 0) is 34.1 Å². The monoisotopic (exact) mass is 316 g/mol. The predicted molar refractivity (Wildman–Crippen MR) is 66.5 cm³/mol. The minimum Gasteiger partial charge on any atom is -0.465 e. The summed E-state index contributed by atoms with van der Waals surface area (Å²) in [6.45, 7) is 0. The predicted octanol–water partition coefficient (Wildman–Crippen LogP) is 3.00. The Balaban J connectivity index is 2.81. The molecule has 17 heavy (non-hydrogen) atoms. The van der Waals surface area contributed by atoms with Crippen LogP contribution in [0.4, 0.5) is 0 Å². The molecule has 0 atom stereocenters. The van der Waals surface area contributed by atoms with E-state index in [1.165, 1.54) is 13.2 Å². The molecule has 0 radical (unpaired) electrons. The summed E-state index contributed by atoms with van der Waals surface area (Å²) in [6.07, 6.45) is 0. The van der Waals surface area contributed by atoms with Gasteiger partial charge < -0.3 is 9.15 Å². The van der Waals surface area contributed by atoms with Crippen molar-refractivity contribution in [2.45, 2.75) is 0 Å². The van der Waals surface area contributed by atoms with Crippen LogP contribution in [0.1, 0.15) is 10.4 Å². The minimum absolute atomic E-state index is 0.158. The van der Waals surface area contributed by atoms with Crippen molar-refractivity contribution < 1.29 is 13.9 Å². The zero-order chi connectivity index (χ0) is 12.6. The topological polar surface area (TPSA) is 56.5 Å². The van der Waals surface area contributed by atoms with Crippen LogP contribution in [0.5, 0.6) is 0 Å². The summed E-state index contributed by atoms with van der Waals surface area (Å²) < 4.78 is 10.1. The molecular weight excluding hydrogens is 311 g/mol. The number of esters is 1. The maximum Gasteiger partial charge on any atom is 0.351 e. The highest BCUT2D eigenvalue weighted by atomic mass is 79.9. The standard InChI is InChI=1S/C11H6BrClO4/c1-16-10(14)7-3-5-2-6(13)4-8(12)9(5)17-11(7)15/h2-4H,1H3. The average molecular weight is 318 g/mol. The number of hydrogen-bond donors (Lipinski definition) is 0. The van der Waals surface area contributed by atoms with Crippen LogP contribution in [0.15, 0.2) is 31.9 Å². The third-order valence-electron chi connectivity index (χ3n) is 2.16. The molecule has 0 amide bonds. The molecule has 1 aromatic carbocycles. The quantitative estimate of drug-likeness (QED) is 0.599. The van der Waals surface area contributed by atoms with Gasteiger partial charge in [-0.1, -0.05) is 11.6 Å². The van der Waals surface area contributed by atoms with E-state index < -0.39 is 11.6 Å². The van der Waals surface area contributed by atoms with E-state index in [-0.39, 0.29) is 5.56 Å². The smallest absolute Gasteiger partial charge is 0.351 e. The van der Waals surface area contributed by atoms with Gasteiger partial charge in [0.25, 0.3) is 0 Å². The molecule has 1 heterocycles. The third-order valence-corrected chi connectivity index (χ3v) is 2.96. The molecule has 1 aromatic heterocycles. The fraction of sp³-hybridized carbons (Fsp3) is 0.0909. The number of rotatable bonds is 1. The fourth-order valence-electron chi connectivity index (χ4n) is 1.41. The lowest BCUT2D eigenvalue weighted by Crippen LogP contribution is -2.14. The van der Waals surface area contributed by atoms with Crippen LogP contribution in [0, 0.1) is 0 Å². The van der Waals surface area contributed by atoms with Gasteiger partial charge in [0.1, 0.15) is 5.56 Å². The summed E-state index contributed by atoms with van der Waals surface area (Å²) >= 11 is 9.09. The van der Waals surface area contributed by atoms with Crippen molar-refractivity contribution in [2.24, 2.45) is 0 Å². The molecule has 88 valence electrons. The van der Waals surface area contributed by atoms with E-state index in [1.54, 1.807) is 12.1 Å². The first-order chi connectivity index (χ1) is 8.02. The lowest BCUT2D eigenvalue weighted by molar-refractivity contribution is 0.0596. The van der Waals surface area contributed by atoms with Gasteiger partial charge in [-0.3, -0.25) is 0 Å². The highest BCUT2D eigenvalue weighted by Gasteiger charge is 2.15. The molecule has 0 N–H and O–H groups in total. The second kappa shape index (κ2) is 4.50. The van der Waals surface area contributed by atoms with Gasteiger partial charge in [0, 0.05) is 10.4 Å². The van der Waals surface area contributed by atoms with Gasteiger partial charge in [-0.25, -0.2) is 9.59 Å². The summed E-state index contributed by atoms with van der Waals surface area (Å²) in [6, 6.07) is 4.59. The van der Waals surface area contributed by atoms with Gasteiger partial charge in [-0.15, -0.1) is 0 Å². The van der Waals surface area contributed by atoms with Crippen LogP contribution in [-0.4, -0.2) is 13.1 Å². The Kier molecular flexibility index (Phi) is 3.22. The van der Waals surface area contributed by atoms with Gasteiger partial charge in [0.15, 0.2) is 5.58 Å². The molecular formula is C11H6BrClO4. The molecule has 0 spiro atoms. The minimum atomic E-state index is -0.743. The SMILES string of the molecule is COC(=O)c1cc2cc(Cl)cc(Br)c2oc1=O. The normalized spacial score (nSPS) is 10.5. The maximum absolute atomic E-state index is 11.5. The number of carbonyl (C=O) groups excluding carboxylic acids is 1.